The van der Waals surface area contributed by atoms with Crippen LogP contribution in [0.2, 0.25) is 0 Å². The summed E-state index contributed by atoms with van der Waals surface area (Å²) in [5.41, 5.74) is -0.132. The normalized spacial score (nSPS) is 30.2. The second-order valence-electron chi connectivity index (χ2n) is 9.46. The highest BCUT2D eigenvalue weighted by Gasteiger charge is 2.61. The van der Waals surface area contributed by atoms with E-state index in [1.807, 2.05) is 18.2 Å². The number of carbonyl (C=O) groups excluding carboxylic acids is 2. The Hall–Kier alpha value is -2.68. The fourth-order valence-electron chi connectivity index (χ4n) is 5.67. The number of hydrogen-bond donors (Lipinski definition) is 1. The van der Waals surface area contributed by atoms with E-state index in [0.29, 0.717) is 44.3 Å². The van der Waals surface area contributed by atoms with E-state index < -0.39 is 11.3 Å². The van der Waals surface area contributed by atoms with Crippen molar-refractivity contribution in [1.29, 1.82) is 10.7 Å². The number of nitrogens with zero attached hydrogens (tertiary/aromatic N) is 2. The number of amides is 1. The first-order chi connectivity index (χ1) is 13.8. The largest absolute Gasteiger partial charge is 0.476 e. The van der Waals surface area contributed by atoms with Gasteiger partial charge >= 0.3 is 0 Å². The van der Waals surface area contributed by atoms with E-state index in [-0.39, 0.29) is 35.0 Å². The Labute approximate surface area is 171 Å². The van der Waals surface area contributed by atoms with Gasteiger partial charge in [0.05, 0.1) is 12.0 Å². The van der Waals surface area contributed by atoms with Crippen LogP contribution in [-0.4, -0.2) is 41.7 Å². The van der Waals surface area contributed by atoms with Crippen molar-refractivity contribution in [1.82, 2.24) is 4.90 Å². The number of nitrogens with one attached hydrogen (secondary N) is 1. The minimum Gasteiger partial charge on any atom is -0.476 e. The van der Waals surface area contributed by atoms with Gasteiger partial charge in [-0.25, -0.2) is 0 Å². The summed E-state index contributed by atoms with van der Waals surface area (Å²) in [5.74, 6) is -1.00. The number of benzene rings is 1. The van der Waals surface area contributed by atoms with Crippen molar-refractivity contribution in [2.24, 2.45) is 22.7 Å². The van der Waals surface area contributed by atoms with E-state index in [9.17, 15) is 14.9 Å². The van der Waals surface area contributed by atoms with Crippen LogP contribution < -0.4 is 0 Å². The van der Waals surface area contributed by atoms with Crippen molar-refractivity contribution < 1.29 is 14.3 Å². The number of rotatable bonds is 1. The molecule has 2 saturated heterocycles. The highest BCUT2D eigenvalue weighted by atomic mass is 16.5. The second kappa shape index (κ2) is 6.98. The van der Waals surface area contributed by atoms with Crippen molar-refractivity contribution in [3.05, 3.63) is 35.9 Å². The van der Waals surface area contributed by atoms with Crippen LogP contribution in [0.25, 0.3) is 0 Å². The number of carbonyl (C=O) groups is 2. The molecule has 1 N–H and O–H groups in total. The van der Waals surface area contributed by atoms with Gasteiger partial charge in [-0.05, 0) is 36.8 Å². The number of ketones is 1. The van der Waals surface area contributed by atoms with Crippen molar-refractivity contribution in [2.75, 3.05) is 13.1 Å². The molecule has 3 fully saturated rings. The molecule has 0 bridgehead atoms. The molecule has 29 heavy (non-hydrogen) atoms. The Morgan fingerprint density at radius 1 is 1.24 bits per heavy atom. The Bertz CT molecular complexity index is 878. The lowest BCUT2D eigenvalue weighted by Gasteiger charge is -2.56. The van der Waals surface area contributed by atoms with Gasteiger partial charge in [0, 0.05) is 30.5 Å². The zero-order chi connectivity index (χ0) is 20.8. The number of hydrogen-bond acceptors (Lipinski definition) is 5. The molecule has 1 spiro atoms. The fourth-order valence-corrected chi connectivity index (χ4v) is 5.67. The van der Waals surface area contributed by atoms with Crippen molar-refractivity contribution in [2.45, 2.75) is 45.6 Å². The van der Waals surface area contributed by atoms with Crippen LogP contribution >= 0.6 is 0 Å². The maximum Gasteiger partial charge on any atom is 0.253 e. The predicted octanol–water partition coefficient (Wildman–Crippen LogP) is 3.43. The van der Waals surface area contributed by atoms with Crippen LogP contribution in [0.15, 0.2) is 30.3 Å². The van der Waals surface area contributed by atoms with Crippen LogP contribution in [-0.2, 0) is 9.53 Å². The van der Waals surface area contributed by atoms with Gasteiger partial charge in [-0.3, -0.25) is 15.0 Å². The molecule has 0 aromatic heterocycles. The molecule has 1 aromatic carbocycles. The topological polar surface area (TPSA) is 94.2 Å². The SMILES string of the molecule is CC1(C)CC(=O)C2C(C1)OC(=N)C(C#N)C21CCN(C(=O)c2ccccc2)CC1. The van der Waals surface area contributed by atoms with Gasteiger partial charge in [0.15, 0.2) is 5.90 Å². The molecule has 3 aliphatic rings. The maximum absolute atomic E-state index is 13.2. The van der Waals surface area contributed by atoms with Crippen LogP contribution in [0.4, 0.5) is 0 Å². The molecule has 1 saturated carbocycles. The number of likely N-dealkylation sites (tertiary alicyclic amines) is 1. The molecule has 6 heteroatoms. The molecular formula is C23H27N3O3. The molecule has 1 aliphatic carbocycles. The minimum absolute atomic E-state index is 0.0120. The molecule has 0 radical (unpaired) electrons. The van der Waals surface area contributed by atoms with Gasteiger partial charge in [-0.2, -0.15) is 5.26 Å². The second-order valence-corrected chi connectivity index (χ2v) is 9.46. The highest BCUT2D eigenvalue weighted by molar-refractivity contribution is 5.94. The first-order valence-electron chi connectivity index (χ1n) is 10.3. The van der Waals surface area contributed by atoms with E-state index >= 15 is 0 Å². The zero-order valence-electron chi connectivity index (χ0n) is 17.0. The lowest BCUT2D eigenvalue weighted by atomic mass is 9.53. The van der Waals surface area contributed by atoms with E-state index in [1.165, 1.54) is 0 Å². The molecule has 6 nitrogen and oxygen atoms in total. The predicted molar refractivity (Wildman–Crippen MR) is 107 cm³/mol. The van der Waals surface area contributed by atoms with E-state index in [4.69, 9.17) is 10.1 Å². The van der Waals surface area contributed by atoms with E-state index in [0.717, 1.165) is 0 Å². The standard InChI is InChI=1S/C23H27N3O3/c1-22(2)12-17(27)19-18(13-22)29-20(25)16(14-24)23(19)8-10-26(11-9-23)21(28)15-6-4-3-5-7-15/h3-7,16,18-19,25H,8-13H2,1-2H3. The first-order valence-corrected chi connectivity index (χ1v) is 10.3. The monoisotopic (exact) mass is 393 g/mol. The summed E-state index contributed by atoms with van der Waals surface area (Å²) in [5, 5.41) is 18.2. The summed E-state index contributed by atoms with van der Waals surface area (Å²) in [6.07, 6.45) is 1.92. The third-order valence-corrected chi connectivity index (χ3v) is 6.99. The quantitative estimate of drug-likeness (QED) is 0.791. The molecule has 4 rings (SSSR count). The molecule has 152 valence electrons. The Morgan fingerprint density at radius 3 is 2.52 bits per heavy atom. The number of nitriles is 1. The van der Waals surface area contributed by atoms with Crippen LogP contribution in [0.3, 0.4) is 0 Å². The van der Waals surface area contributed by atoms with Gasteiger partial charge in [0.2, 0.25) is 0 Å². The molecule has 2 heterocycles. The average molecular weight is 393 g/mol. The smallest absolute Gasteiger partial charge is 0.253 e. The summed E-state index contributed by atoms with van der Waals surface area (Å²) in [7, 11) is 0. The Kier molecular flexibility index (Phi) is 4.72. The summed E-state index contributed by atoms with van der Waals surface area (Å²) in [6, 6.07) is 11.4. The van der Waals surface area contributed by atoms with Gasteiger partial charge < -0.3 is 9.64 Å². The van der Waals surface area contributed by atoms with Gasteiger partial charge in [-0.1, -0.05) is 32.0 Å². The number of fused-ring (bicyclic) bond motifs is 2. The number of piperidine rings is 1. The average Bonchev–Trinajstić information content (AvgIpc) is 2.67. The molecular weight excluding hydrogens is 366 g/mol. The first kappa shape index (κ1) is 19.6. The fraction of sp³-hybridized carbons (Fsp3) is 0.565. The van der Waals surface area contributed by atoms with E-state index in [2.05, 4.69) is 19.9 Å². The lowest BCUT2D eigenvalue weighted by Crippen LogP contribution is -2.62. The number of Topliss-reactive ketones (excluding diaryl/α,β-unsaturated/α-hetero) is 1. The minimum atomic E-state index is -0.733. The Morgan fingerprint density at radius 2 is 1.90 bits per heavy atom. The number of ether oxygens (including phenoxy) is 1. The van der Waals surface area contributed by atoms with Gasteiger partial charge in [0.1, 0.15) is 17.8 Å². The molecule has 1 aromatic rings. The van der Waals surface area contributed by atoms with E-state index in [1.54, 1.807) is 17.0 Å². The summed E-state index contributed by atoms with van der Waals surface area (Å²) < 4.78 is 5.83. The van der Waals surface area contributed by atoms with Gasteiger partial charge in [0.25, 0.3) is 5.91 Å². The third-order valence-electron chi connectivity index (χ3n) is 6.99. The molecule has 3 atom stereocenters. The zero-order valence-corrected chi connectivity index (χ0v) is 17.0. The summed E-state index contributed by atoms with van der Waals surface area (Å²) >= 11 is 0. The van der Waals surface area contributed by atoms with Crippen LogP contribution in [0.1, 0.15) is 49.9 Å². The molecule has 3 unspecified atom stereocenters. The Balaban J connectivity index is 1.61. The van der Waals surface area contributed by atoms with Crippen molar-refractivity contribution in [3.63, 3.8) is 0 Å². The molecule has 1 amide bonds. The van der Waals surface area contributed by atoms with Crippen LogP contribution in [0.5, 0.6) is 0 Å². The third kappa shape index (κ3) is 3.23. The van der Waals surface area contributed by atoms with Crippen molar-refractivity contribution in [3.8, 4) is 6.07 Å². The maximum atomic E-state index is 13.2. The lowest BCUT2D eigenvalue weighted by molar-refractivity contribution is -0.153. The van der Waals surface area contributed by atoms with Crippen molar-refractivity contribution >= 4 is 17.6 Å². The van der Waals surface area contributed by atoms with Crippen LogP contribution in [0, 0.1) is 39.4 Å². The van der Waals surface area contributed by atoms with Gasteiger partial charge in [-0.15, -0.1) is 0 Å². The summed E-state index contributed by atoms with van der Waals surface area (Å²) in [4.78, 5) is 27.8. The highest BCUT2D eigenvalue weighted by Crippen LogP contribution is 2.56. The summed E-state index contributed by atoms with van der Waals surface area (Å²) in [6.45, 7) is 5.08. The molecule has 2 aliphatic heterocycles.